The van der Waals surface area contributed by atoms with Crippen molar-refractivity contribution in [2.24, 2.45) is 0 Å². The molecule has 0 saturated carbocycles. The van der Waals surface area contributed by atoms with E-state index in [0.717, 1.165) is 33.2 Å². The number of benzene rings is 2. The van der Waals surface area contributed by atoms with Crippen LogP contribution in [0.4, 0.5) is 18.9 Å². The van der Waals surface area contributed by atoms with Crippen molar-refractivity contribution >= 4 is 35.0 Å². The molecular formula is C19H19ClF3NOS. The Morgan fingerprint density at radius 2 is 1.69 bits per heavy atom. The normalized spacial score (nSPS) is 11.5. The summed E-state index contributed by atoms with van der Waals surface area (Å²) in [5.41, 5.74) is 3.01. The molecule has 2 aromatic carbocycles. The zero-order valence-corrected chi connectivity index (χ0v) is 16.4. The molecule has 26 heavy (non-hydrogen) atoms. The molecule has 2 nitrogen and oxygen atoms in total. The molecule has 7 heteroatoms. The van der Waals surface area contributed by atoms with Gasteiger partial charge in [-0.2, -0.15) is 13.2 Å². The maximum Gasteiger partial charge on any atom is 0.418 e. The van der Waals surface area contributed by atoms with E-state index in [1.165, 1.54) is 23.9 Å². The summed E-state index contributed by atoms with van der Waals surface area (Å²) in [6, 6.07) is 5.50. The molecule has 0 radical (unpaired) electrons. The first kappa shape index (κ1) is 20.6. The molecule has 0 heterocycles. The van der Waals surface area contributed by atoms with Crippen molar-refractivity contribution in [1.82, 2.24) is 0 Å². The molecule has 0 unspecified atom stereocenters. The average Bonchev–Trinajstić information content (AvgIpc) is 2.54. The van der Waals surface area contributed by atoms with Crippen molar-refractivity contribution < 1.29 is 18.0 Å². The van der Waals surface area contributed by atoms with Gasteiger partial charge in [-0.05, 0) is 62.1 Å². The number of carbonyl (C=O) groups excluding carboxylic acids is 1. The van der Waals surface area contributed by atoms with Crippen LogP contribution in [0.1, 0.15) is 27.8 Å². The zero-order chi connectivity index (χ0) is 19.6. The van der Waals surface area contributed by atoms with E-state index in [4.69, 9.17) is 11.6 Å². The van der Waals surface area contributed by atoms with Gasteiger partial charge < -0.3 is 5.32 Å². The first-order valence-electron chi connectivity index (χ1n) is 7.88. The number of hydrogen-bond acceptors (Lipinski definition) is 2. The van der Waals surface area contributed by atoms with Gasteiger partial charge in [-0.25, -0.2) is 0 Å². The smallest absolute Gasteiger partial charge is 0.324 e. The highest BCUT2D eigenvalue weighted by molar-refractivity contribution is 8.00. The molecule has 0 aromatic heterocycles. The van der Waals surface area contributed by atoms with Crippen molar-refractivity contribution in [2.45, 2.75) is 38.8 Å². The fraction of sp³-hybridized carbons (Fsp3) is 0.316. The second-order valence-electron chi connectivity index (χ2n) is 6.09. The van der Waals surface area contributed by atoms with Crippen LogP contribution < -0.4 is 5.32 Å². The Kier molecular flexibility index (Phi) is 6.29. The number of carbonyl (C=O) groups is 1. The predicted molar refractivity (Wildman–Crippen MR) is 101 cm³/mol. The van der Waals surface area contributed by atoms with Crippen LogP contribution in [0, 0.1) is 27.7 Å². The molecule has 1 N–H and O–H groups in total. The topological polar surface area (TPSA) is 29.1 Å². The number of halogens is 4. The Morgan fingerprint density at radius 3 is 2.23 bits per heavy atom. The van der Waals surface area contributed by atoms with Gasteiger partial charge in [0.15, 0.2) is 0 Å². The lowest BCUT2D eigenvalue weighted by Crippen LogP contribution is -2.18. The Hall–Kier alpha value is -1.66. The minimum Gasteiger partial charge on any atom is -0.324 e. The molecule has 0 aliphatic carbocycles. The Labute approximate surface area is 160 Å². The molecule has 0 aliphatic heterocycles. The third-order valence-electron chi connectivity index (χ3n) is 4.23. The average molecular weight is 402 g/mol. The van der Waals surface area contributed by atoms with E-state index in [2.05, 4.69) is 11.4 Å². The van der Waals surface area contributed by atoms with Gasteiger partial charge in [0, 0.05) is 4.90 Å². The summed E-state index contributed by atoms with van der Waals surface area (Å²) in [7, 11) is 0. The van der Waals surface area contributed by atoms with Crippen molar-refractivity contribution in [3.8, 4) is 0 Å². The predicted octanol–water partition coefficient (Wildman–Crippen LogP) is 6.32. The molecule has 0 saturated heterocycles. The van der Waals surface area contributed by atoms with Gasteiger partial charge in [0.2, 0.25) is 5.91 Å². The van der Waals surface area contributed by atoms with Gasteiger partial charge in [-0.1, -0.05) is 23.7 Å². The van der Waals surface area contributed by atoms with Crippen LogP contribution in [0.15, 0.2) is 29.2 Å². The van der Waals surface area contributed by atoms with E-state index in [1.807, 2.05) is 27.7 Å². The minimum absolute atomic E-state index is 0.00685. The standard InChI is InChI=1S/C19H19ClF3NOS/c1-10-8-11(2)13(4)18(12(10)3)26-9-16(25)24-17-14(19(21,22)23)6-5-7-15(17)20/h5-8H,9H2,1-4H3,(H,24,25). The van der Waals surface area contributed by atoms with E-state index in [1.54, 1.807) is 0 Å². The van der Waals surface area contributed by atoms with E-state index >= 15 is 0 Å². The number of hydrogen-bond donors (Lipinski definition) is 1. The van der Waals surface area contributed by atoms with Crippen molar-refractivity contribution in [3.05, 3.63) is 57.1 Å². The summed E-state index contributed by atoms with van der Waals surface area (Å²) in [5, 5.41) is 2.17. The second-order valence-corrected chi connectivity index (χ2v) is 7.48. The fourth-order valence-corrected chi connectivity index (χ4v) is 3.92. The highest BCUT2D eigenvalue weighted by Crippen LogP contribution is 2.38. The number of thioether (sulfide) groups is 1. The number of rotatable bonds is 4. The highest BCUT2D eigenvalue weighted by Gasteiger charge is 2.34. The van der Waals surface area contributed by atoms with Crippen LogP contribution in [0.2, 0.25) is 5.02 Å². The van der Waals surface area contributed by atoms with E-state index < -0.39 is 23.3 Å². The van der Waals surface area contributed by atoms with Crippen LogP contribution in [0.5, 0.6) is 0 Å². The van der Waals surface area contributed by atoms with Crippen molar-refractivity contribution in [1.29, 1.82) is 0 Å². The number of anilines is 1. The molecule has 0 bridgehead atoms. The molecule has 140 valence electrons. The minimum atomic E-state index is -4.60. The summed E-state index contributed by atoms with van der Waals surface area (Å²) < 4.78 is 39.3. The first-order chi connectivity index (χ1) is 12.0. The number of para-hydroxylation sites is 1. The molecule has 0 spiro atoms. The molecule has 2 aromatic rings. The number of nitrogens with one attached hydrogen (secondary N) is 1. The third-order valence-corrected chi connectivity index (χ3v) is 5.85. The van der Waals surface area contributed by atoms with E-state index in [9.17, 15) is 18.0 Å². The van der Waals surface area contributed by atoms with Crippen LogP contribution in [0.3, 0.4) is 0 Å². The van der Waals surface area contributed by atoms with Gasteiger partial charge in [-0.15, -0.1) is 11.8 Å². The summed E-state index contributed by atoms with van der Waals surface area (Å²) in [4.78, 5) is 13.2. The van der Waals surface area contributed by atoms with Gasteiger partial charge in [-0.3, -0.25) is 4.79 Å². The van der Waals surface area contributed by atoms with Gasteiger partial charge in [0.05, 0.1) is 22.0 Å². The highest BCUT2D eigenvalue weighted by atomic mass is 35.5. The number of aryl methyl sites for hydroxylation is 2. The fourth-order valence-electron chi connectivity index (χ4n) is 2.60. The quantitative estimate of drug-likeness (QED) is 0.607. The second kappa shape index (κ2) is 7.92. The van der Waals surface area contributed by atoms with E-state index in [-0.39, 0.29) is 10.8 Å². The van der Waals surface area contributed by atoms with E-state index in [0.29, 0.717) is 0 Å². The van der Waals surface area contributed by atoms with Gasteiger partial charge in [0.1, 0.15) is 0 Å². The van der Waals surface area contributed by atoms with Crippen molar-refractivity contribution in [2.75, 3.05) is 11.1 Å². The Morgan fingerprint density at radius 1 is 1.12 bits per heavy atom. The summed E-state index contributed by atoms with van der Waals surface area (Å²) in [6.07, 6.45) is -4.60. The Bertz CT molecular complexity index is 823. The number of amides is 1. The SMILES string of the molecule is Cc1cc(C)c(C)c(SCC(=O)Nc2c(Cl)cccc2C(F)(F)F)c1C. The van der Waals surface area contributed by atoms with Crippen LogP contribution in [-0.2, 0) is 11.0 Å². The summed E-state index contributed by atoms with van der Waals surface area (Å²) >= 11 is 7.18. The Balaban J connectivity index is 2.20. The lowest BCUT2D eigenvalue weighted by molar-refractivity contribution is -0.137. The molecule has 1 amide bonds. The number of alkyl halides is 3. The van der Waals surface area contributed by atoms with Crippen LogP contribution in [0.25, 0.3) is 0 Å². The van der Waals surface area contributed by atoms with Gasteiger partial charge in [0.25, 0.3) is 0 Å². The molecule has 0 atom stereocenters. The van der Waals surface area contributed by atoms with Gasteiger partial charge >= 0.3 is 6.18 Å². The largest absolute Gasteiger partial charge is 0.418 e. The molecule has 0 fully saturated rings. The zero-order valence-electron chi connectivity index (χ0n) is 14.8. The summed E-state index contributed by atoms with van der Waals surface area (Å²) in [5.74, 6) is -0.542. The maximum atomic E-state index is 13.1. The van der Waals surface area contributed by atoms with Crippen LogP contribution in [-0.4, -0.2) is 11.7 Å². The lowest BCUT2D eigenvalue weighted by Gasteiger charge is -2.16. The lowest BCUT2D eigenvalue weighted by atomic mass is 10.0. The molecule has 0 aliphatic rings. The third kappa shape index (κ3) is 4.54. The van der Waals surface area contributed by atoms with Crippen molar-refractivity contribution in [3.63, 3.8) is 0 Å². The van der Waals surface area contributed by atoms with Crippen LogP contribution >= 0.6 is 23.4 Å². The molecular weight excluding hydrogens is 383 g/mol. The maximum absolute atomic E-state index is 13.1. The molecule has 2 rings (SSSR count). The first-order valence-corrected chi connectivity index (χ1v) is 9.24. The monoisotopic (exact) mass is 401 g/mol. The summed E-state index contributed by atoms with van der Waals surface area (Å²) in [6.45, 7) is 7.92.